The van der Waals surface area contributed by atoms with E-state index in [0.717, 1.165) is 75.9 Å². The Morgan fingerprint density at radius 3 is 2.73 bits per heavy atom. The Balaban J connectivity index is 1.55. The maximum absolute atomic E-state index is 6.05. The lowest BCUT2D eigenvalue weighted by Crippen LogP contribution is -2.26. The lowest BCUT2D eigenvalue weighted by Gasteiger charge is -2.22. The third-order valence-electron chi connectivity index (χ3n) is 5.85. The van der Waals surface area contributed by atoms with Crippen LogP contribution in [0.3, 0.4) is 0 Å². The monoisotopic (exact) mass is 457 g/mol. The van der Waals surface area contributed by atoms with Gasteiger partial charge in [0.25, 0.3) is 0 Å². The molecule has 1 saturated heterocycles. The first-order valence-corrected chi connectivity index (χ1v) is 12.2. The number of nitrogens with zero attached hydrogens (tertiary/aromatic N) is 3. The third-order valence-corrected chi connectivity index (χ3v) is 5.85. The van der Waals surface area contributed by atoms with Crippen molar-refractivity contribution in [3.8, 4) is 11.5 Å². The summed E-state index contributed by atoms with van der Waals surface area (Å²) in [5.74, 6) is 3.42. The van der Waals surface area contributed by atoms with E-state index in [-0.39, 0.29) is 0 Å². The molecule has 0 spiro atoms. The summed E-state index contributed by atoms with van der Waals surface area (Å²) >= 11 is 0. The summed E-state index contributed by atoms with van der Waals surface area (Å²) < 4.78 is 17.0. The minimum Gasteiger partial charge on any atom is -0.493 e. The molecular formula is C25H39N5O3. The van der Waals surface area contributed by atoms with E-state index < -0.39 is 0 Å². The van der Waals surface area contributed by atoms with Crippen LogP contribution in [0.2, 0.25) is 0 Å². The Morgan fingerprint density at radius 1 is 1.12 bits per heavy atom. The molecule has 1 fully saturated rings. The molecule has 8 heteroatoms. The molecule has 0 aliphatic carbocycles. The zero-order chi connectivity index (χ0) is 23.3. The summed E-state index contributed by atoms with van der Waals surface area (Å²) in [5, 5.41) is 6.71. The van der Waals surface area contributed by atoms with E-state index in [1.54, 1.807) is 13.3 Å². The molecule has 182 valence electrons. The van der Waals surface area contributed by atoms with Crippen LogP contribution in [-0.2, 0) is 4.74 Å². The summed E-state index contributed by atoms with van der Waals surface area (Å²) in [6.45, 7) is 10.9. The number of aromatic nitrogens is 2. The highest BCUT2D eigenvalue weighted by molar-refractivity contribution is 5.60. The Bertz CT molecular complexity index is 829. The molecule has 1 aliphatic heterocycles. The molecule has 0 atom stereocenters. The van der Waals surface area contributed by atoms with Crippen molar-refractivity contribution in [1.82, 2.24) is 14.9 Å². The number of ether oxygens (including phenoxy) is 3. The molecule has 1 aromatic carbocycles. The molecule has 1 aromatic heterocycles. The molecule has 3 rings (SSSR count). The molecule has 1 aliphatic rings. The molecule has 0 radical (unpaired) electrons. The lowest BCUT2D eigenvalue weighted by molar-refractivity contribution is 0.0699. The zero-order valence-corrected chi connectivity index (χ0v) is 20.3. The average Bonchev–Trinajstić information content (AvgIpc) is 2.85. The van der Waals surface area contributed by atoms with Crippen LogP contribution in [0.4, 0.5) is 17.5 Å². The maximum atomic E-state index is 6.05. The lowest BCUT2D eigenvalue weighted by atomic mass is 10.0. The predicted octanol–water partition coefficient (Wildman–Crippen LogP) is 4.57. The van der Waals surface area contributed by atoms with Crippen LogP contribution in [0.1, 0.15) is 39.5 Å². The fourth-order valence-electron chi connectivity index (χ4n) is 3.93. The van der Waals surface area contributed by atoms with Crippen molar-refractivity contribution in [1.29, 1.82) is 0 Å². The first-order chi connectivity index (χ1) is 16.2. The highest BCUT2D eigenvalue weighted by Crippen LogP contribution is 2.31. The van der Waals surface area contributed by atoms with Crippen LogP contribution in [0, 0.1) is 5.92 Å². The molecule has 0 amide bonds. The number of nitrogens with one attached hydrogen (secondary N) is 2. The van der Waals surface area contributed by atoms with E-state index in [1.165, 1.54) is 6.42 Å². The van der Waals surface area contributed by atoms with Gasteiger partial charge in [0.2, 0.25) is 5.95 Å². The fourth-order valence-corrected chi connectivity index (χ4v) is 3.93. The maximum Gasteiger partial charge on any atom is 0.229 e. The number of hydrogen-bond donors (Lipinski definition) is 2. The van der Waals surface area contributed by atoms with Crippen LogP contribution < -0.4 is 20.1 Å². The van der Waals surface area contributed by atoms with E-state index >= 15 is 0 Å². The van der Waals surface area contributed by atoms with Gasteiger partial charge in [-0.25, -0.2) is 4.98 Å². The number of rotatable bonds is 14. The predicted molar refractivity (Wildman–Crippen MR) is 133 cm³/mol. The highest BCUT2D eigenvalue weighted by Gasteiger charge is 2.14. The molecule has 2 N–H and O–H groups in total. The first-order valence-electron chi connectivity index (χ1n) is 12.2. The quantitative estimate of drug-likeness (QED) is 0.400. The van der Waals surface area contributed by atoms with Gasteiger partial charge in [-0.05, 0) is 62.9 Å². The van der Waals surface area contributed by atoms with Crippen LogP contribution in [-0.4, -0.2) is 68.0 Å². The number of benzene rings is 1. The van der Waals surface area contributed by atoms with Crippen molar-refractivity contribution >= 4 is 17.5 Å². The minimum atomic E-state index is 0.543. The first kappa shape index (κ1) is 25.1. The second-order valence-corrected chi connectivity index (χ2v) is 8.33. The molecule has 0 unspecified atom stereocenters. The van der Waals surface area contributed by atoms with Gasteiger partial charge in [0.1, 0.15) is 5.82 Å². The Hall–Kier alpha value is -2.58. The van der Waals surface area contributed by atoms with Gasteiger partial charge in [-0.3, -0.25) is 0 Å². The smallest absolute Gasteiger partial charge is 0.229 e. The summed E-state index contributed by atoms with van der Waals surface area (Å²) in [4.78, 5) is 11.4. The van der Waals surface area contributed by atoms with Crippen LogP contribution in [0.5, 0.6) is 11.5 Å². The van der Waals surface area contributed by atoms with Crippen molar-refractivity contribution in [2.45, 2.75) is 39.5 Å². The SMILES string of the molecule is CCCN(CC)CCCOc1cc(Nc2nccc(NCC3CCOCC3)n2)ccc1OC. The van der Waals surface area contributed by atoms with E-state index in [0.29, 0.717) is 24.2 Å². The van der Waals surface area contributed by atoms with E-state index in [2.05, 4.69) is 39.3 Å². The zero-order valence-electron chi connectivity index (χ0n) is 20.3. The van der Waals surface area contributed by atoms with Crippen LogP contribution >= 0.6 is 0 Å². The molecule has 0 bridgehead atoms. The Labute approximate surface area is 198 Å². The van der Waals surface area contributed by atoms with Crippen molar-refractivity contribution in [3.63, 3.8) is 0 Å². The summed E-state index contributed by atoms with van der Waals surface area (Å²) in [6, 6.07) is 7.68. The second kappa shape index (κ2) is 13.9. The number of hydrogen-bond acceptors (Lipinski definition) is 8. The Kier molecular flexibility index (Phi) is 10.5. The Morgan fingerprint density at radius 2 is 1.97 bits per heavy atom. The standard InChI is InChI=1S/C25H39N5O3/c1-4-13-30(5-2)14-6-15-33-23-18-21(7-8-22(23)31-3)28-25-26-12-9-24(29-25)27-19-20-10-16-32-17-11-20/h7-9,12,18,20H,4-6,10-11,13-17,19H2,1-3H3,(H2,26,27,28,29). The summed E-state index contributed by atoms with van der Waals surface area (Å²) in [6.07, 6.45) is 6.08. The third kappa shape index (κ3) is 8.37. The van der Waals surface area contributed by atoms with E-state index in [9.17, 15) is 0 Å². The number of methoxy groups -OCH3 is 1. The van der Waals surface area contributed by atoms with Gasteiger partial charge in [0, 0.05) is 44.3 Å². The molecule has 2 heterocycles. The van der Waals surface area contributed by atoms with Gasteiger partial charge in [0.05, 0.1) is 13.7 Å². The van der Waals surface area contributed by atoms with Gasteiger partial charge in [-0.1, -0.05) is 13.8 Å². The second-order valence-electron chi connectivity index (χ2n) is 8.33. The largest absolute Gasteiger partial charge is 0.493 e. The van der Waals surface area contributed by atoms with Crippen LogP contribution in [0.25, 0.3) is 0 Å². The van der Waals surface area contributed by atoms with Gasteiger partial charge >= 0.3 is 0 Å². The van der Waals surface area contributed by atoms with Gasteiger partial charge in [-0.2, -0.15) is 4.98 Å². The summed E-state index contributed by atoms with van der Waals surface area (Å²) in [5.41, 5.74) is 0.855. The van der Waals surface area contributed by atoms with Gasteiger partial charge in [-0.15, -0.1) is 0 Å². The van der Waals surface area contributed by atoms with Gasteiger partial charge < -0.3 is 29.7 Å². The normalized spacial score (nSPS) is 14.3. The summed E-state index contributed by atoms with van der Waals surface area (Å²) in [7, 11) is 1.66. The van der Waals surface area contributed by atoms with E-state index in [4.69, 9.17) is 14.2 Å². The highest BCUT2D eigenvalue weighted by atomic mass is 16.5. The van der Waals surface area contributed by atoms with Crippen molar-refractivity contribution in [2.24, 2.45) is 5.92 Å². The topological polar surface area (TPSA) is 80.8 Å². The molecule has 8 nitrogen and oxygen atoms in total. The van der Waals surface area contributed by atoms with Crippen molar-refractivity contribution < 1.29 is 14.2 Å². The average molecular weight is 458 g/mol. The number of anilines is 3. The molecule has 0 saturated carbocycles. The van der Waals surface area contributed by atoms with Crippen molar-refractivity contribution in [3.05, 3.63) is 30.5 Å². The molecule has 2 aromatic rings. The van der Waals surface area contributed by atoms with Crippen molar-refractivity contribution in [2.75, 3.05) is 63.7 Å². The fraction of sp³-hybridized carbons (Fsp3) is 0.600. The molecular weight excluding hydrogens is 418 g/mol. The van der Waals surface area contributed by atoms with Gasteiger partial charge in [0.15, 0.2) is 11.5 Å². The minimum absolute atomic E-state index is 0.543. The molecule has 33 heavy (non-hydrogen) atoms. The van der Waals surface area contributed by atoms with Crippen LogP contribution in [0.15, 0.2) is 30.5 Å². The van der Waals surface area contributed by atoms with E-state index in [1.807, 2.05) is 24.3 Å².